The normalized spacial score (nSPS) is 12.0. The average molecular weight is 281 g/mol. The number of anilines is 2. The zero-order valence-electron chi connectivity index (χ0n) is 12.1. The Hall–Kier alpha value is -1.36. The topological polar surface area (TPSA) is 58.4 Å². The summed E-state index contributed by atoms with van der Waals surface area (Å²) in [6, 6.07) is 5.56. The van der Waals surface area contributed by atoms with Crippen molar-refractivity contribution in [1.82, 2.24) is 5.32 Å². The largest absolute Gasteiger partial charge is 0.397 e. The molecule has 1 rings (SSSR count). The second-order valence-electron chi connectivity index (χ2n) is 4.70. The van der Waals surface area contributed by atoms with Gasteiger partial charge in [0.2, 0.25) is 0 Å². The summed E-state index contributed by atoms with van der Waals surface area (Å²) in [5, 5.41) is 2.98. The maximum Gasteiger partial charge on any atom is 0.251 e. The van der Waals surface area contributed by atoms with Gasteiger partial charge in [-0.05, 0) is 30.9 Å². The Labute approximate surface area is 119 Å². The molecule has 3 N–H and O–H groups in total. The monoisotopic (exact) mass is 281 g/mol. The van der Waals surface area contributed by atoms with E-state index in [0.29, 0.717) is 11.3 Å². The molecule has 0 radical (unpaired) electrons. The summed E-state index contributed by atoms with van der Waals surface area (Å²) < 4.78 is 0. The standard InChI is InChI=1S/C14H23N3OS/c1-5-19-9-10(2)16-14(18)11-6-7-13(17(3)4)12(15)8-11/h6-8,10H,5,9,15H2,1-4H3,(H,16,18). The lowest BCUT2D eigenvalue weighted by atomic mass is 10.1. The van der Waals surface area contributed by atoms with Crippen LogP contribution in [-0.4, -0.2) is 37.6 Å². The number of nitrogens with one attached hydrogen (secondary N) is 1. The number of benzene rings is 1. The Balaban J connectivity index is 2.70. The molecule has 1 aromatic carbocycles. The Morgan fingerprint density at radius 1 is 1.47 bits per heavy atom. The molecule has 0 aliphatic rings. The zero-order valence-corrected chi connectivity index (χ0v) is 12.9. The van der Waals surface area contributed by atoms with Crippen molar-refractivity contribution >= 4 is 29.0 Å². The van der Waals surface area contributed by atoms with Crippen LogP contribution in [0.15, 0.2) is 18.2 Å². The summed E-state index contributed by atoms with van der Waals surface area (Å²) in [5.74, 6) is 1.92. The van der Waals surface area contributed by atoms with Crippen molar-refractivity contribution in [3.8, 4) is 0 Å². The fraction of sp³-hybridized carbons (Fsp3) is 0.500. The number of hydrogen-bond acceptors (Lipinski definition) is 4. The first kappa shape index (κ1) is 15.7. The summed E-state index contributed by atoms with van der Waals surface area (Å²) in [7, 11) is 3.85. The van der Waals surface area contributed by atoms with Crippen molar-refractivity contribution in [3.63, 3.8) is 0 Å². The van der Waals surface area contributed by atoms with Crippen LogP contribution in [0, 0.1) is 0 Å². The van der Waals surface area contributed by atoms with E-state index in [1.807, 2.05) is 43.7 Å². The molecule has 1 unspecified atom stereocenters. The molecular formula is C14H23N3OS. The molecule has 5 heteroatoms. The van der Waals surface area contributed by atoms with Crippen LogP contribution in [0.4, 0.5) is 11.4 Å². The highest BCUT2D eigenvalue weighted by Gasteiger charge is 2.11. The fourth-order valence-corrected chi connectivity index (χ4v) is 2.42. The lowest BCUT2D eigenvalue weighted by Crippen LogP contribution is -2.34. The first-order chi connectivity index (χ1) is 8.95. The SMILES string of the molecule is CCSCC(C)NC(=O)c1ccc(N(C)C)c(N)c1. The first-order valence-corrected chi connectivity index (χ1v) is 7.56. The van der Waals surface area contributed by atoms with Crippen LogP contribution in [0.5, 0.6) is 0 Å². The van der Waals surface area contributed by atoms with Crippen LogP contribution in [0.3, 0.4) is 0 Å². The lowest BCUT2D eigenvalue weighted by molar-refractivity contribution is 0.0944. The molecule has 0 aromatic heterocycles. The minimum absolute atomic E-state index is 0.0683. The molecule has 4 nitrogen and oxygen atoms in total. The Morgan fingerprint density at radius 3 is 2.68 bits per heavy atom. The van der Waals surface area contributed by atoms with E-state index in [0.717, 1.165) is 17.2 Å². The number of amides is 1. The summed E-state index contributed by atoms with van der Waals surface area (Å²) in [5.41, 5.74) is 8.09. The molecule has 0 saturated carbocycles. The minimum Gasteiger partial charge on any atom is -0.397 e. The molecule has 0 aliphatic heterocycles. The minimum atomic E-state index is -0.0683. The van der Waals surface area contributed by atoms with E-state index in [2.05, 4.69) is 12.2 Å². The van der Waals surface area contributed by atoms with Crippen molar-refractivity contribution in [2.75, 3.05) is 36.2 Å². The van der Waals surface area contributed by atoms with Gasteiger partial charge >= 0.3 is 0 Å². The maximum atomic E-state index is 12.1. The van der Waals surface area contributed by atoms with Crippen LogP contribution in [0.25, 0.3) is 0 Å². The Bertz CT molecular complexity index is 435. The van der Waals surface area contributed by atoms with Gasteiger partial charge in [-0.2, -0.15) is 11.8 Å². The molecule has 0 spiro atoms. The van der Waals surface area contributed by atoms with Crippen molar-refractivity contribution in [2.24, 2.45) is 0 Å². The van der Waals surface area contributed by atoms with Crippen LogP contribution in [0.2, 0.25) is 0 Å². The second kappa shape index (κ2) is 7.28. The van der Waals surface area contributed by atoms with Gasteiger partial charge in [0.05, 0.1) is 11.4 Å². The predicted molar refractivity (Wildman–Crippen MR) is 85.1 cm³/mol. The number of rotatable bonds is 6. The van der Waals surface area contributed by atoms with Gasteiger partial charge in [0.1, 0.15) is 0 Å². The lowest BCUT2D eigenvalue weighted by Gasteiger charge is -2.17. The van der Waals surface area contributed by atoms with Gasteiger partial charge in [0.25, 0.3) is 5.91 Å². The molecule has 0 heterocycles. The van der Waals surface area contributed by atoms with E-state index >= 15 is 0 Å². The van der Waals surface area contributed by atoms with E-state index in [1.165, 1.54) is 0 Å². The number of carbonyl (C=O) groups is 1. The Kier molecular flexibility index (Phi) is 6.02. The van der Waals surface area contributed by atoms with Gasteiger partial charge in [-0.25, -0.2) is 0 Å². The molecular weight excluding hydrogens is 258 g/mol. The smallest absolute Gasteiger partial charge is 0.251 e. The van der Waals surface area contributed by atoms with Crippen LogP contribution >= 0.6 is 11.8 Å². The van der Waals surface area contributed by atoms with Crippen molar-refractivity contribution in [3.05, 3.63) is 23.8 Å². The van der Waals surface area contributed by atoms with Gasteiger partial charge in [-0.3, -0.25) is 4.79 Å². The first-order valence-electron chi connectivity index (χ1n) is 6.41. The van der Waals surface area contributed by atoms with Crippen molar-refractivity contribution in [1.29, 1.82) is 0 Å². The number of nitrogens with zero attached hydrogens (tertiary/aromatic N) is 1. The number of carbonyl (C=O) groups excluding carboxylic acids is 1. The van der Waals surface area contributed by atoms with Gasteiger partial charge in [-0.1, -0.05) is 6.92 Å². The molecule has 1 aromatic rings. The molecule has 0 fully saturated rings. The van der Waals surface area contributed by atoms with Crippen LogP contribution in [0.1, 0.15) is 24.2 Å². The van der Waals surface area contributed by atoms with Gasteiger partial charge in [0, 0.05) is 31.5 Å². The van der Waals surface area contributed by atoms with E-state index in [4.69, 9.17) is 5.73 Å². The number of nitrogens with two attached hydrogens (primary N) is 1. The summed E-state index contributed by atoms with van der Waals surface area (Å²) in [4.78, 5) is 14.0. The third kappa shape index (κ3) is 4.67. The van der Waals surface area contributed by atoms with E-state index < -0.39 is 0 Å². The van der Waals surface area contributed by atoms with Crippen LogP contribution < -0.4 is 16.0 Å². The summed E-state index contributed by atoms with van der Waals surface area (Å²) >= 11 is 1.82. The average Bonchev–Trinajstić information content (AvgIpc) is 2.35. The third-order valence-corrected chi connectivity index (χ3v) is 3.86. The van der Waals surface area contributed by atoms with E-state index in [1.54, 1.807) is 12.1 Å². The number of hydrogen-bond donors (Lipinski definition) is 2. The van der Waals surface area contributed by atoms with Crippen molar-refractivity contribution < 1.29 is 4.79 Å². The van der Waals surface area contributed by atoms with E-state index in [-0.39, 0.29) is 11.9 Å². The van der Waals surface area contributed by atoms with Gasteiger partial charge < -0.3 is 16.0 Å². The highest BCUT2D eigenvalue weighted by atomic mass is 32.2. The molecule has 0 bridgehead atoms. The quantitative estimate of drug-likeness (QED) is 0.785. The number of thioether (sulfide) groups is 1. The molecule has 106 valence electrons. The van der Waals surface area contributed by atoms with Crippen molar-refractivity contribution in [2.45, 2.75) is 19.9 Å². The summed E-state index contributed by atoms with van der Waals surface area (Å²) in [6.45, 7) is 4.12. The van der Waals surface area contributed by atoms with Gasteiger partial charge in [0.15, 0.2) is 0 Å². The maximum absolute atomic E-state index is 12.1. The zero-order chi connectivity index (χ0) is 14.4. The van der Waals surface area contributed by atoms with Gasteiger partial charge in [-0.15, -0.1) is 0 Å². The number of nitrogen functional groups attached to an aromatic ring is 1. The van der Waals surface area contributed by atoms with E-state index in [9.17, 15) is 4.79 Å². The predicted octanol–water partition coefficient (Wildman–Crippen LogP) is 2.21. The molecule has 1 amide bonds. The fourth-order valence-electron chi connectivity index (χ4n) is 1.75. The molecule has 1 atom stereocenters. The molecule has 19 heavy (non-hydrogen) atoms. The Morgan fingerprint density at radius 2 is 2.16 bits per heavy atom. The molecule has 0 saturated heterocycles. The highest BCUT2D eigenvalue weighted by Crippen LogP contribution is 2.22. The third-order valence-electron chi connectivity index (χ3n) is 2.72. The van der Waals surface area contributed by atoms with Crippen LogP contribution in [-0.2, 0) is 0 Å². The second-order valence-corrected chi connectivity index (χ2v) is 6.02. The highest BCUT2D eigenvalue weighted by molar-refractivity contribution is 7.99. The molecule has 0 aliphatic carbocycles. The summed E-state index contributed by atoms with van der Waals surface area (Å²) in [6.07, 6.45) is 0.